The molecule has 112 valence electrons. The smallest absolute Gasteiger partial charge is 0.0385 e. The van der Waals surface area contributed by atoms with Gasteiger partial charge in [-0.3, -0.25) is 4.90 Å². The Balaban J connectivity index is 2.16. The Kier molecular flexibility index (Phi) is 6.53. The highest BCUT2D eigenvalue weighted by atomic mass is 79.9. The largest absolute Gasteiger partial charge is 0.316 e. The van der Waals surface area contributed by atoms with Crippen LogP contribution in [-0.2, 0) is 0 Å². The lowest BCUT2D eigenvalue weighted by Crippen LogP contribution is -2.35. The molecule has 0 spiro atoms. The Labute approximate surface area is 132 Å². The number of halogens is 1. The van der Waals surface area contributed by atoms with Gasteiger partial charge in [-0.15, -0.1) is 0 Å². The van der Waals surface area contributed by atoms with Crippen LogP contribution in [0.15, 0.2) is 28.7 Å². The molecule has 0 saturated carbocycles. The quantitative estimate of drug-likeness (QED) is 0.808. The second-order valence-electron chi connectivity index (χ2n) is 5.94. The zero-order chi connectivity index (χ0) is 14.4. The second-order valence-corrected chi connectivity index (χ2v) is 6.86. The number of likely N-dealkylation sites (tertiary alicyclic amines) is 1. The van der Waals surface area contributed by atoms with E-state index in [1.807, 2.05) is 0 Å². The third kappa shape index (κ3) is 4.31. The van der Waals surface area contributed by atoms with Crippen LogP contribution in [0.5, 0.6) is 0 Å². The van der Waals surface area contributed by atoms with Crippen molar-refractivity contribution in [3.05, 3.63) is 34.3 Å². The van der Waals surface area contributed by atoms with Gasteiger partial charge in [0.05, 0.1) is 0 Å². The Morgan fingerprint density at radius 3 is 2.95 bits per heavy atom. The van der Waals surface area contributed by atoms with E-state index in [4.69, 9.17) is 0 Å². The summed E-state index contributed by atoms with van der Waals surface area (Å²) in [5.74, 6) is 0.711. The number of benzene rings is 1. The minimum atomic E-state index is 0.541. The number of nitrogens with one attached hydrogen (secondary N) is 1. The van der Waals surface area contributed by atoms with Crippen molar-refractivity contribution in [2.24, 2.45) is 5.92 Å². The average molecular weight is 339 g/mol. The summed E-state index contributed by atoms with van der Waals surface area (Å²) in [6.07, 6.45) is 5.22. The van der Waals surface area contributed by atoms with Crippen molar-refractivity contribution in [3.63, 3.8) is 0 Å². The molecule has 0 radical (unpaired) electrons. The Bertz CT molecular complexity index is 408. The second kappa shape index (κ2) is 8.16. The Morgan fingerprint density at radius 1 is 1.35 bits per heavy atom. The maximum Gasteiger partial charge on any atom is 0.0385 e. The molecule has 1 aliphatic rings. The molecule has 0 aliphatic carbocycles. The summed E-state index contributed by atoms with van der Waals surface area (Å²) >= 11 is 3.62. The molecule has 20 heavy (non-hydrogen) atoms. The van der Waals surface area contributed by atoms with E-state index in [2.05, 4.69) is 64.4 Å². The van der Waals surface area contributed by atoms with Gasteiger partial charge in [0, 0.05) is 10.5 Å². The molecule has 2 unspecified atom stereocenters. The fourth-order valence-electron chi connectivity index (χ4n) is 3.32. The lowest BCUT2D eigenvalue weighted by molar-refractivity contribution is 0.189. The highest BCUT2D eigenvalue weighted by Crippen LogP contribution is 2.34. The highest BCUT2D eigenvalue weighted by Gasteiger charge is 2.28. The molecule has 1 aromatic rings. The first-order chi connectivity index (χ1) is 9.72. The van der Waals surface area contributed by atoms with Gasteiger partial charge < -0.3 is 5.32 Å². The molecule has 1 heterocycles. The summed E-state index contributed by atoms with van der Waals surface area (Å²) in [6.45, 7) is 5.71. The molecular weight excluding hydrogens is 312 g/mol. The van der Waals surface area contributed by atoms with E-state index < -0.39 is 0 Å². The minimum Gasteiger partial charge on any atom is -0.316 e. The predicted molar refractivity (Wildman–Crippen MR) is 90.0 cm³/mol. The SMILES string of the molecule is CCCNCC1CCCCN(C)C1c1cccc(Br)c1. The van der Waals surface area contributed by atoms with Crippen LogP contribution >= 0.6 is 15.9 Å². The predicted octanol–water partition coefficient (Wildman–Crippen LogP) is 4.22. The van der Waals surface area contributed by atoms with Gasteiger partial charge in [0.15, 0.2) is 0 Å². The first kappa shape index (κ1) is 16.0. The van der Waals surface area contributed by atoms with Gasteiger partial charge >= 0.3 is 0 Å². The van der Waals surface area contributed by atoms with Crippen molar-refractivity contribution in [1.29, 1.82) is 0 Å². The van der Waals surface area contributed by atoms with Crippen molar-refractivity contribution in [1.82, 2.24) is 10.2 Å². The van der Waals surface area contributed by atoms with Gasteiger partial charge in [-0.1, -0.05) is 41.4 Å². The van der Waals surface area contributed by atoms with E-state index >= 15 is 0 Å². The summed E-state index contributed by atoms with van der Waals surface area (Å²) in [5, 5.41) is 3.63. The molecule has 2 rings (SSSR count). The first-order valence-electron chi connectivity index (χ1n) is 7.88. The highest BCUT2D eigenvalue weighted by molar-refractivity contribution is 9.10. The number of hydrogen-bond donors (Lipinski definition) is 1. The van der Waals surface area contributed by atoms with Crippen LogP contribution in [0.3, 0.4) is 0 Å². The van der Waals surface area contributed by atoms with Crippen LogP contribution in [0.1, 0.15) is 44.2 Å². The third-order valence-corrected chi connectivity index (χ3v) is 4.77. The van der Waals surface area contributed by atoms with E-state index in [9.17, 15) is 0 Å². The Hall–Kier alpha value is -0.380. The molecule has 0 amide bonds. The summed E-state index contributed by atoms with van der Waals surface area (Å²) in [5.41, 5.74) is 1.45. The molecule has 3 heteroatoms. The van der Waals surface area contributed by atoms with Crippen molar-refractivity contribution < 1.29 is 0 Å². The van der Waals surface area contributed by atoms with E-state index in [1.165, 1.54) is 42.3 Å². The van der Waals surface area contributed by atoms with Gasteiger partial charge in [0.2, 0.25) is 0 Å². The number of hydrogen-bond acceptors (Lipinski definition) is 2. The van der Waals surface area contributed by atoms with Crippen LogP contribution in [0.25, 0.3) is 0 Å². The Morgan fingerprint density at radius 2 is 2.20 bits per heavy atom. The molecule has 2 atom stereocenters. The summed E-state index contributed by atoms with van der Waals surface area (Å²) in [7, 11) is 2.28. The lowest BCUT2D eigenvalue weighted by atomic mass is 9.89. The molecule has 0 aromatic heterocycles. The maximum absolute atomic E-state index is 3.63. The van der Waals surface area contributed by atoms with Gasteiger partial charge in [0.25, 0.3) is 0 Å². The topological polar surface area (TPSA) is 15.3 Å². The number of nitrogens with zero attached hydrogens (tertiary/aromatic N) is 1. The van der Waals surface area contributed by atoms with E-state index in [-0.39, 0.29) is 0 Å². The third-order valence-electron chi connectivity index (χ3n) is 4.28. The van der Waals surface area contributed by atoms with Crippen LogP contribution in [-0.4, -0.2) is 31.6 Å². The summed E-state index contributed by atoms with van der Waals surface area (Å²) in [6, 6.07) is 9.39. The molecule has 0 bridgehead atoms. The average Bonchev–Trinajstić information content (AvgIpc) is 2.61. The van der Waals surface area contributed by atoms with Crippen LogP contribution < -0.4 is 5.32 Å². The molecule has 1 aliphatic heterocycles. The van der Waals surface area contributed by atoms with E-state index in [0.717, 1.165) is 13.1 Å². The van der Waals surface area contributed by atoms with Crippen LogP contribution in [0.4, 0.5) is 0 Å². The normalized spacial score (nSPS) is 24.6. The van der Waals surface area contributed by atoms with Gasteiger partial charge in [0.1, 0.15) is 0 Å². The summed E-state index contributed by atoms with van der Waals surface area (Å²) in [4.78, 5) is 2.55. The van der Waals surface area contributed by atoms with Crippen LogP contribution in [0, 0.1) is 5.92 Å². The van der Waals surface area contributed by atoms with Gasteiger partial charge in [-0.25, -0.2) is 0 Å². The van der Waals surface area contributed by atoms with Crippen molar-refractivity contribution in [2.75, 3.05) is 26.7 Å². The molecule has 1 aromatic carbocycles. The number of rotatable bonds is 5. The first-order valence-corrected chi connectivity index (χ1v) is 8.68. The molecule has 2 nitrogen and oxygen atoms in total. The summed E-state index contributed by atoms with van der Waals surface area (Å²) < 4.78 is 1.19. The zero-order valence-electron chi connectivity index (χ0n) is 12.7. The monoisotopic (exact) mass is 338 g/mol. The van der Waals surface area contributed by atoms with Crippen molar-refractivity contribution in [2.45, 2.75) is 38.6 Å². The molecule has 1 N–H and O–H groups in total. The fraction of sp³-hybridized carbons (Fsp3) is 0.647. The zero-order valence-corrected chi connectivity index (χ0v) is 14.3. The van der Waals surface area contributed by atoms with Crippen LogP contribution in [0.2, 0.25) is 0 Å². The van der Waals surface area contributed by atoms with Gasteiger partial charge in [-0.2, -0.15) is 0 Å². The van der Waals surface area contributed by atoms with Crippen molar-refractivity contribution >= 4 is 15.9 Å². The molecule has 1 fully saturated rings. The van der Waals surface area contributed by atoms with Crippen molar-refractivity contribution in [3.8, 4) is 0 Å². The fourth-order valence-corrected chi connectivity index (χ4v) is 3.74. The molecule has 1 saturated heterocycles. The lowest BCUT2D eigenvalue weighted by Gasteiger charge is -2.33. The van der Waals surface area contributed by atoms with E-state index in [0.29, 0.717) is 12.0 Å². The molecular formula is C17H27BrN2. The standard InChI is InChI=1S/C17H27BrN2/c1-3-10-19-13-15-7-4-5-11-20(2)17(15)14-8-6-9-16(18)12-14/h6,8-9,12,15,17,19H,3-5,7,10-11,13H2,1-2H3. The maximum atomic E-state index is 3.63. The van der Waals surface area contributed by atoms with E-state index in [1.54, 1.807) is 0 Å². The van der Waals surface area contributed by atoms with Gasteiger partial charge in [-0.05, 0) is 69.6 Å². The minimum absolute atomic E-state index is 0.541.